The molecule has 1 aromatic rings. The zero-order valence-electron chi connectivity index (χ0n) is 18.1. The Kier molecular flexibility index (Phi) is 8.73. The van der Waals surface area contributed by atoms with Gasteiger partial charge in [0.1, 0.15) is 0 Å². The summed E-state index contributed by atoms with van der Waals surface area (Å²) in [5, 5.41) is 9.22. The summed E-state index contributed by atoms with van der Waals surface area (Å²) in [6.07, 6.45) is -16.6. The van der Waals surface area contributed by atoms with Gasteiger partial charge in [-0.25, -0.2) is 4.79 Å². The molecule has 0 bridgehead atoms. The molecule has 2 aliphatic rings. The smallest absolute Gasteiger partial charge is 0.416 e. The molecule has 0 radical (unpaired) electrons. The van der Waals surface area contributed by atoms with E-state index in [9.17, 15) is 49.4 Å². The number of amides is 1. The van der Waals surface area contributed by atoms with Gasteiger partial charge in [0.25, 0.3) is 0 Å². The number of rotatable bonds is 4. The predicted molar refractivity (Wildman–Crippen MR) is 110 cm³/mol. The highest BCUT2D eigenvalue weighted by molar-refractivity contribution is 5.85. The summed E-state index contributed by atoms with van der Waals surface area (Å²) in [4.78, 5) is 14.5. The van der Waals surface area contributed by atoms with E-state index in [1.165, 1.54) is 11.0 Å². The highest BCUT2D eigenvalue weighted by Gasteiger charge is 2.62. The number of piperazine rings is 1. The van der Waals surface area contributed by atoms with Crippen molar-refractivity contribution in [1.82, 2.24) is 9.80 Å². The second-order valence-electron chi connectivity index (χ2n) is 8.37. The monoisotopic (exact) mass is 543 g/mol. The molecule has 0 aliphatic carbocycles. The lowest BCUT2D eigenvalue weighted by atomic mass is 9.94. The lowest BCUT2D eigenvalue weighted by molar-refractivity contribution is -0.300. The maximum atomic E-state index is 13.3. The largest absolute Gasteiger partial charge is 0.465 e. The van der Waals surface area contributed by atoms with Gasteiger partial charge >= 0.3 is 24.6 Å². The van der Waals surface area contributed by atoms with Crippen LogP contribution in [0.15, 0.2) is 18.2 Å². The van der Waals surface area contributed by atoms with Gasteiger partial charge < -0.3 is 14.9 Å². The van der Waals surface area contributed by atoms with Crippen LogP contribution in [0.3, 0.4) is 0 Å². The summed E-state index contributed by atoms with van der Waals surface area (Å²) in [7, 11) is 0. The minimum atomic E-state index is -5.74. The minimum Gasteiger partial charge on any atom is -0.465 e. The number of halogens is 10. The molecular weight excluding hydrogens is 521 g/mol. The second kappa shape index (κ2) is 10.5. The molecule has 2 aliphatic heterocycles. The van der Waals surface area contributed by atoms with Crippen molar-refractivity contribution in [2.45, 2.75) is 44.0 Å². The van der Waals surface area contributed by atoms with Gasteiger partial charge in [0.15, 0.2) is 5.92 Å². The highest BCUT2D eigenvalue weighted by Crippen LogP contribution is 2.44. The van der Waals surface area contributed by atoms with E-state index in [0.717, 1.165) is 25.0 Å². The summed E-state index contributed by atoms with van der Waals surface area (Å²) < 4.78 is 120. The van der Waals surface area contributed by atoms with Gasteiger partial charge in [-0.3, -0.25) is 4.90 Å². The van der Waals surface area contributed by atoms with Gasteiger partial charge in [-0.1, -0.05) is 6.07 Å². The van der Waals surface area contributed by atoms with Gasteiger partial charge in [0, 0.05) is 45.0 Å². The van der Waals surface area contributed by atoms with Crippen LogP contribution in [-0.4, -0.2) is 72.1 Å². The average Bonchev–Trinajstić information content (AvgIpc) is 3.19. The molecular formula is C20H23ClF9N3O2. The van der Waals surface area contributed by atoms with E-state index in [2.05, 4.69) is 0 Å². The van der Waals surface area contributed by atoms with Crippen LogP contribution in [-0.2, 0) is 12.7 Å². The van der Waals surface area contributed by atoms with Crippen molar-refractivity contribution in [2.75, 3.05) is 37.6 Å². The topological polar surface area (TPSA) is 47.0 Å². The molecule has 15 heteroatoms. The first-order chi connectivity index (χ1) is 15.6. The molecule has 1 unspecified atom stereocenters. The third kappa shape index (κ3) is 6.78. The van der Waals surface area contributed by atoms with Crippen LogP contribution in [0.5, 0.6) is 0 Å². The van der Waals surface area contributed by atoms with Gasteiger partial charge in [-0.05, 0) is 30.5 Å². The number of alkyl halides is 9. The van der Waals surface area contributed by atoms with Crippen molar-refractivity contribution < 1.29 is 49.4 Å². The first-order valence-corrected chi connectivity index (χ1v) is 10.4. The molecule has 200 valence electrons. The number of nitrogens with zero attached hydrogens (tertiary/aromatic N) is 3. The Morgan fingerprint density at radius 2 is 1.51 bits per heavy atom. The molecule has 2 fully saturated rings. The summed E-state index contributed by atoms with van der Waals surface area (Å²) in [5.41, 5.74) is -0.387. The fourth-order valence-corrected chi connectivity index (χ4v) is 4.52. The Morgan fingerprint density at radius 1 is 0.943 bits per heavy atom. The number of carbonyl (C=O) groups is 1. The lowest BCUT2D eigenvalue weighted by Gasteiger charge is -2.44. The van der Waals surface area contributed by atoms with E-state index in [4.69, 9.17) is 0 Å². The van der Waals surface area contributed by atoms with Gasteiger partial charge in [-0.15, -0.1) is 12.4 Å². The molecule has 1 aromatic carbocycles. The summed E-state index contributed by atoms with van der Waals surface area (Å²) in [5.74, 6) is -3.90. The summed E-state index contributed by atoms with van der Waals surface area (Å²) >= 11 is 0. The summed E-state index contributed by atoms with van der Waals surface area (Å²) in [6, 6.07) is 0.463. The van der Waals surface area contributed by atoms with Crippen molar-refractivity contribution in [3.8, 4) is 0 Å². The number of carboxylic acid groups (broad SMARTS) is 1. The molecule has 2 saturated heterocycles. The lowest BCUT2D eigenvalue weighted by Crippen LogP contribution is -2.62. The van der Waals surface area contributed by atoms with Crippen molar-refractivity contribution in [1.29, 1.82) is 0 Å². The fourth-order valence-electron chi connectivity index (χ4n) is 4.52. The Hall–Kier alpha value is -2.09. The van der Waals surface area contributed by atoms with E-state index in [1.54, 1.807) is 4.90 Å². The third-order valence-corrected chi connectivity index (χ3v) is 6.09. The zero-order chi connectivity index (χ0) is 25.5. The van der Waals surface area contributed by atoms with Crippen molar-refractivity contribution in [3.63, 3.8) is 0 Å². The normalized spacial score (nSPS) is 20.3. The van der Waals surface area contributed by atoms with Crippen molar-refractivity contribution in [2.24, 2.45) is 5.92 Å². The quantitative estimate of drug-likeness (QED) is 0.500. The van der Waals surface area contributed by atoms with Gasteiger partial charge in [0.2, 0.25) is 0 Å². The standard InChI is InChI=1S/C20H22F9N3O2.ClH/c21-18(22,23)13-4-3-12(14(9-13)31-5-1-2-6-31)10-30-7-8-32(17(33)34)15(11-30)16(19(24,25)26)20(27,28)29;/h3-4,9,15-16H,1-2,5-8,10-11H2,(H,33,34);1H. The van der Waals surface area contributed by atoms with Crippen LogP contribution in [0, 0.1) is 5.92 Å². The summed E-state index contributed by atoms with van der Waals surface area (Å²) in [6.45, 7) is -0.956. The van der Waals surface area contributed by atoms with Crippen LogP contribution in [0.1, 0.15) is 24.0 Å². The number of benzene rings is 1. The highest BCUT2D eigenvalue weighted by atomic mass is 35.5. The first kappa shape index (κ1) is 29.1. The molecule has 0 spiro atoms. The number of hydrogen-bond donors (Lipinski definition) is 1. The first-order valence-electron chi connectivity index (χ1n) is 10.4. The molecule has 2 heterocycles. The Balaban J connectivity index is 0.00000432. The molecule has 35 heavy (non-hydrogen) atoms. The molecule has 0 saturated carbocycles. The maximum Gasteiger partial charge on any atom is 0.416 e. The second-order valence-corrected chi connectivity index (χ2v) is 8.37. The molecule has 5 nitrogen and oxygen atoms in total. The Morgan fingerprint density at radius 3 is 2.00 bits per heavy atom. The Labute approximate surface area is 200 Å². The molecule has 1 amide bonds. The molecule has 1 atom stereocenters. The Bertz CT molecular complexity index is 872. The predicted octanol–water partition coefficient (Wildman–Crippen LogP) is 5.63. The van der Waals surface area contributed by atoms with Crippen LogP contribution >= 0.6 is 12.4 Å². The SMILES string of the molecule is Cl.O=C(O)N1CCN(Cc2ccc(C(F)(F)F)cc2N2CCCC2)CC1C(C(F)(F)F)C(F)(F)F. The van der Waals surface area contributed by atoms with E-state index in [-0.39, 0.29) is 36.1 Å². The van der Waals surface area contributed by atoms with Crippen molar-refractivity contribution in [3.05, 3.63) is 29.3 Å². The molecule has 1 N–H and O–H groups in total. The molecule has 0 aromatic heterocycles. The maximum absolute atomic E-state index is 13.3. The number of anilines is 1. The van der Waals surface area contributed by atoms with E-state index in [1.807, 2.05) is 0 Å². The van der Waals surface area contributed by atoms with Crippen LogP contribution in [0.4, 0.5) is 50.0 Å². The van der Waals surface area contributed by atoms with Crippen LogP contribution in [0.2, 0.25) is 0 Å². The number of hydrogen-bond acceptors (Lipinski definition) is 3. The van der Waals surface area contributed by atoms with E-state index < -0.39 is 55.2 Å². The minimum absolute atomic E-state index is 0. The average molecular weight is 544 g/mol. The van der Waals surface area contributed by atoms with Crippen LogP contribution in [0.25, 0.3) is 0 Å². The molecule has 3 rings (SSSR count). The van der Waals surface area contributed by atoms with E-state index in [0.29, 0.717) is 18.7 Å². The fraction of sp³-hybridized carbons (Fsp3) is 0.650. The van der Waals surface area contributed by atoms with Crippen LogP contribution < -0.4 is 4.90 Å². The van der Waals surface area contributed by atoms with E-state index >= 15 is 0 Å². The van der Waals surface area contributed by atoms with Crippen molar-refractivity contribution >= 4 is 24.2 Å². The third-order valence-electron chi connectivity index (χ3n) is 6.09. The van der Waals surface area contributed by atoms with Gasteiger partial charge in [-0.2, -0.15) is 39.5 Å². The zero-order valence-corrected chi connectivity index (χ0v) is 18.9. The van der Waals surface area contributed by atoms with Gasteiger partial charge in [0.05, 0.1) is 11.6 Å².